The van der Waals surface area contributed by atoms with Crippen molar-refractivity contribution in [3.8, 4) is 5.75 Å². The molecule has 2 aromatic carbocycles. The topological polar surface area (TPSA) is 32.6 Å². The van der Waals surface area contributed by atoms with Gasteiger partial charge in [0.1, 0.15) is 5.75 Å². The zero-order valence-corrected chi connectivity index (χ0v) is 13.4. The monoisotopic (exact) mass is 301 g/mol. The number of hydrogen-bond acceptors (Lipinski definition) is 2. The van der Waals surface area contributed by atoms with Crippen molar-refractivity contribution >= 4 is 23.5 Å². The van der Waals surface area contributed by atoms with E-state index in [2.05, 4.69) is 24.9 Å². The van der Waals surface area contributed by atoms with Crippen molar-refractivity contribution < 1.29 is 5.11 Å². The Morgan fingerprint density at radius 3 is 2.71 bits per heavy atom. The Balaban J connectivity index is 2.39. The molecule has 0 radical (unpaired) electrons. The zero-order valence-electron chi connectivity index (χ0n) is 12.6. The van der Waals surface area contributed by atoms with Gasteiger partial charge >= 0.3 is 0 Å². The number of nitrogens with zero attached hydrogens (tertiary/aromatic N) is 1. The molecule has 3 heteroatoms. The van der Waals surface area contributed by atoms with Crippen LogP contribution in [-0.2, 0) is 0 Å². The second-order valence-electron chi connectivity index (χ2n) is 5.29. The Morgan fingerprint density at radius 1 is 1.29 bits per heavy atom. The fraction of sp³-hybridized carbons (Fsp3) is 0.278. The molecule has 0 aliphatic carbocycles. The first-order chi connectivity index (χ1) is 10.0. The van der Waals surface area contributed by atoms with Crippen molar-refractivity contribution in [3.05, 3.63) is 58.1 Å². The van der Waals surface area contributed by atoms with E-state index in [0.717, 1.165) is 17.7 Å². The third kappa shape index (κ3) is 3.64. The third-order valence-electron chi connectivity index (χ3n) is 3.72. The summed E-state index contributed by atoms with van der Waals surface area (Å²) in [5.74, 6) is 0.678. The molecule has 0 spiro atoms. The minimum atomic E-state index is 0.226. The van der Waals surface area contributed by atoms with Gasteiger partial charge in [-0.1, -0.05) is 43.6 Å². The molecule has 0 heterocycles. The molecule has 2 nitrogen and oxygen atoms in total. The molecule has 0 amide bonds. The minimum Gasteiger partial charge on any atom is -0.507 e. The molecule has 2 aromatic rings. The van der Waals surface area contributed by atoms with Crippen LogP contribution < -0.4 is 0 Å². The fourth-order valence-electron chi connectivity index (χ4n) is 2.24. The van der Waals surface area contributed by atoms with Crippen molar-refractivity contribution in [1.82, 2.24) is 0 Å². The highest BCUT2D eigenvalue weighted by molar-refractivity contribution is 6.31. The van der Waals surface area contributed by atoms with Crippen LogP contribution >= 0.6 is 11.6 Å². The van der Waals surface area contributed by atoms with Crippen LogP contribution in [0, 0.1) is 6.92 Å². The van der Waals surface area contributed by atoms with Crippen LogP contribution in [-0.4, -0.2) is 11.3 Å². The molecule has 0 aliphatic rings. The number of aryl methyl sites for hydroxylation is 1. The predicted octanol–water partition coefficient (Wildman–Crippen LogP) is 5.62. The number of phenols is 1. The maximum Gasteiger partial charge on any atom is 0.127 e. The largest absolute Gasteiger partial charge is 0.507 e. The lowest BCUT2D eigenvalue weighted by molar-refractivity contribution is 0.470. The SMILES string of the molecule is CC[C@H](C)c1ccccc1N=Cc1cc(Cl)cc(C)c1O. The Labute approximate surface area is 131 Å². The Morgan fingerprint density at radius 2 is 2.00 bits per heavy atom. The van der Waals surface area contributed by atoms with E-state index in [0.29, 0.717) is 16.5 Å². The zero-order chi connectivity index (χ0) is 15.4. The third-order valence-corrected chi connectivity index (χ3v) is 3.94. The lowest BCUT2D eigenvalue weighted by atomic mass is 9.97. The average molecular weight is 302 g/mol. The van der Waals surface area contributed by atoms with Crippen LogP contribution in [0.1, 0.15) is 42.9 Å². The minimum absolute atomic E-state index is 0.226. The molecular formula is C18H20ClNO. The number of aliphatic imine (C=N–C) groups is 1. The van der Waals surface area contributed by atoms with E-state index in [1.54, 1.807) is 18.3 Å². The number of halogens is 1. The number of phenolic OH excluding ortho intramolecular Hbond substituents is 1. The van der Waals surface area contributed by atoms with Gasteiger partial charge in [-0.3, -0.25) is 4.99 Å². The van der Waals surface area contributed by atoms with Crippen molar-refractivity contribution in [3.63, 3.8) is 0 Å². The maximum atomic E-state index is 10.1. The normalized spacial score (nSPS) is 12.8. The second-order valence-corrected chi connectivity index (χ2v) is 5.72. The van der Waals surface area contributed by atoms with E-state index in [4.69, 9.17) is 11.6 Å². The van der Waals surface area contributed by atoms with Crippen molar-refractivity contribution in [1.29, 1.82) is 0 Å². The van der Waals surface area contributed by atoms with Gasteiger partial charge in [-0.15, -0.1) is 0 Å². The smallest absolute Gasteiger partial charge is 0.127 e. The van der Waals surface area contributed by atoms with Crippen LogP contribution in [0.5, 0.6) is 5.75 Å². The Bertz CT molecular complexity index is 664. The predicted molar refractivity (Wildman–Crippen MR) is 90.3 cm³/mol. The van der Waals surface area contributed by atoms with Gasteiger partial charge in [-0.2, -0.15) is 0 Å². The molecule has 21 heavy (non-hydrogen) atoms. The molecule has 110 valence electrons. The Hall–Kier alpha value is -1.80. The van der Waals surface area contributed by atoms with Gasteiger partial charge < -0.3 is 5.11 Å². The summed E-state index contributed by atoms with van der Waals surface area (Å²) in [7, 11) is 0. The quantitative estimate of drug-likeness (QED) is 0.731. The summed E-state index contributed by atoms with van der Waals surface area (Å²) in [5.41, 5.74) is 3.54. The number of para-hydroxylation sites is 1. The van der Waals surface area contributed by atoms with Gasteiger partial charge in [0.15, 0.2) is 0 Å². The van der Waals surface area contributed by atoms with Gasteiger partial charge in [0.2, 0.25) is 0 Å². The Kier molecular flexibility index (Phi) is 5.03. The lowest BCUT2D eigenvalue weighted by Crippen LogP contribution is -1.92. The maximum absolute atomic E-state index is 10.1. The molecule has 0 aromatic heterocycles. The van der Waals surface area contributed by atoms with Gasteiger partial charge in [-0.05, 0) is 48.6 Å². The molecule has 2 rings (SSSR count). The van der Waals surface area contributed by atoms with Crippen LogP contribution in [0.15, 0.2) is 41.4 Å². The van der Waals surface area contributed by atoms with Crippen LogP contribution in [0.4, 0.5) is 5.69 Å². The molecule has 1 atom stereocenters. The van der Waals surface area contributed by atoms with Crippen LogP contribution in [0.3, 0.4) is 0 Å². The summed E-state index contributed by atoms with van der Waals surface area (Å²) in [6.45, 7) is 6.18. The fourth-order valence-corrected chi connectivity index (χ4v) is 2.52. The van der Waals surface area contributed by atoms with E-state index in [1.807, 2.05) is 25.1 Å². The van der Waals surface area contributed by atoms with Gasteiger partial charge in [-0.25, -0.2) is 0 Å². The first kappa shape index (κ1) is 15.6. The summed E-state index contributed by atoms with van der Waals surface area (Å²) < 4.78 is 0. The molecule has 0 saturated carbocycles. The highest BCUT2D eigenvalue weighted by atomic mass is 35.5. The van der Waals surface area contributed by atoms with Crippen molar-refractivity contribution in [2.75, 3.05) is 0 Å². The number of hydrogen-bond donors (Lipinski definition) is 1. The summed E-state index contributed by atoms with van der Waals surface area (Å²) in [5, 5.41) is 10.7. The summed E-state index contributed by atoms with van der Waals surface area (Å²) >= 11 is 6.04. The van der Waals surface area contributed by atoms with E-state index in [-0.39, 0.29) is 5.75 Å². The van der Waals surface area contributed by atoms with Crippen LogP contribution in [0.25, 0.3) is 0 Å². The highest BCUT2D eigenvalue weighted by Gasteiger charge is 2.08. The first-order valence-corrected chi connectivity index (χ1v) is 7.52. The van der Waals surface area contributed by atoms with Gasteiger partial charge in [0.25, 0.3) is 0 Å². The molecule has 0 fully saturated rings. The lowest BCUT2D eigenvalue weighted by Gasteiger charge is -2.11. The highest BCUT2D eigenvalue weighted by Crippen LogP contribution is 2.30. The number of aromatic hydroxyl groups is 1. The van der Waals surface area contributed by atoms with E-state index < -0.39 is 0 Å². The van der Waals surface area contributed by atoms with E-state index in [9.17, 15) is 5.11 Å². The molecule has 1 N–H and O–H groups in total. The molecular weight excluding hydrogens is 282 g/mol. The van der Waals surface area contributed by atoms with Gasteiger partial charge in [0, 0.05) is 16.8 Å². The number of benzene rings is 2. The summed E-state index contributed by atoms with van der Waals surface area (Å²) in [6, 6.07) is 11.6. The molecule has 0 saturated heterocycles. The molecule has 0 aliphatic heterocycles. The average Bonchev–Trinajstić information content (AvgIpc) is 2.49. The summed E-state index contributed by atoms with van der Waals surface area (Å²) in [6.07, 6.45) is 2.74. The molecule has 0 unspecified atom stereocenters. The standard InChI is InChI=1S/C18H20ClNO/c1-4-12(2)16-7-5-6-8-17(16)20-11-14-10-15(19)9-13(3)18(14)21/h5-12,21H,4H2,1-3H3/t12-/m0/s1. The van der Waals surface area contributed by atoms with Crippen LogP contribution in [0.2, 0.25) is 5.02 Å². The second kappa shape index (κ2) is 6.77. The van der Waals surface area contributed by atoms with Crippen molar-refractivity contribution in [2.45, 2.75) is 33.1 Å². The van der Waals surface area contributed by atoms with E-state index in [1.165, 1.54) is 5.56 Å². The van der Waals surface area contributed by atoms with E-state index >= 15 is 0 Å². The first-order valence-electron chi connectivity index (χ1n) is 7.15. The number of rotatable bonds is 4. The molecule has 0 bridgehead atoms. The summed E-state index contributed by atoms with van der Waals surface area (Å²) in [4.78, 5) is 4.54. The van der Waals surface area contributed by atoms with Gasteiger partial charge in [0.05, 0.1) is 5.69 Å². The van der Waals surface area contributed by atoms with Crippen molar-refractivity contribution in [2.24, 2.45) is 4.99 Å².